The fourth-order valence-electron chi connectivity index (χ4n) is 1.76. The first kappa shape index (κ1) is 18.0. The van der Waals surface area contributed by atoms with Gasteiger partial charge in [-0.25, -0.2) is 5.43 Å². The number of benzene rings is 1. The lowest BCUT2D eigenvalue weighted by Gasteiger charge is -2.10. The summed E-state index contributed by atoms with van der Waals surface area (Å²) in [6.07, 6.45) is 1.78. The molecular weight excluding hydrogens is 448 g/mol. The summed E-state index contributed by atoms with van der Waals surface area (Å²) in [6.45, 7) is 2.25. The van der Waals surface area contributed by atoms with Gasteiger partial charge < -0.3 is 9.84 Å². The van der Waals surface area contributed by atoms with Gasteiger partial charge in [0.1, 0.15) is 0 Å². The zero-order chi connectivity index (χ0) is 16.8. The molecule has 2 rings (SSSR count). The molecule has 1 heterocycles. The predicted molar refractivity (Wildman–Crippen MR) is 98.4 cm³/mol. The second-order valence-electron chi connectivity index (χ2n) is 4.42. The van der Waals surface area contributed by atoms with Gasteiger partial charge in [0, 0.05) is 14.9 Å². The molecule has 0 spiro atoms. The molecule has 1 amide bonds. The molecule has 0 unspecified atom stereocenters. The van der Waals surface area contributed by atoms with Gasteiger partial charge in [0.15, 0.2) is 11.5 Å². The monoisotopic (exact) mass is 460 g/mol. The van der Waals surface area contributed by atoms with Crippen LogP contribution < -0.4 is 10.2 Å². The second kappa shape index (κ2) is 8.47. The maximum Gasteiger partial charge on any atom is 0.245 e. The van der Waals surface area contributed by atoms with Crippen LogP contribution in [-0.2, 0) is 11.2 Å². The Balaban J connectivity index is 2.08. The first-order chi connectivity index (χ1) is 11.0. The Hall–Kier alpha value is -1.38. The number of carbonyl (C=O) groups excluding carboxylic acids is 1. The molecule has 0 aliphatic heterocycles. The summed E-state index contributed by atoms with van der Waals surface area (Å²) in [6, 6.07) is 5.44. The minimum atomic E-state index is -0.192. The van der Waals surface area contributed by atoms with Crippen molar-refractivity contribution in [2.75, 3.05) is 6.61 Å². The van der Waals surface area contributed by atoms with Crippen molar-refractivity contribution in [2.45, 2.75) is 13.3 Å². The van der Waals surface area contributed by atoms with Gasteiger partial charge in [-0.05, 0) is 56.3 Å². The highest BCUT2D eigenvalue weighted by Crippen LogP contribution is 2.41. The molecule has 0 fully saturated rings. The largest absolute Gasteiger partial charge is 0.503 e. The van der Waals surface area contributed by atoms with E-state index in [-0.39, 0.29) is 11.7 Å². The second-order valence-corrected chi connectivity index (χ2v) is 7.04. The number of phenols is 1. The Bertz CT molecular complexity index is 718. The lowest BCUT2D eigenvalue weighted by atomic mass is 10.2. The molecule has 0 aliphatic rings. The maximum atomic E-state index is 11.8. The summed E-state index contributed by atoms with van der Waals surface area (Å²) < 4.78 is 6.45. The van der Waals surface area contributed by atoms with Crippen molar-refractivity contribution in [3.8, 4) is 11.5 Å². The number of thiophene rings is 1. The molecule has 23 heavy (non-hydrogen) atoms. The first-order valence-corrected chi connectivity index (χ1v) is 9.17. The third kappa shape index (κ3) is 4.79. The van der Waals surface area contributed by atoms with E-state index in [1.165, 1.54) is 17.6 Å². The molecule has 2 N–H and O–H groups in total. The van der Waals surface area contributed by atoms with Crippen molar-refractivity contribution in [1.29, 1.82) is 0 Å². The van der Waals surface area contributed by atoms with Gasteiger partial charge in [0.05, 0.1) is 23.7 Å². The van der Waals surface area contributed by atoms with Gasteiger partial charge in [-0.2, -0.15) is 5.10 Å². The molecule has 122 valence electrons. The number of aromatic hydroxyl groups is 1. The van der Waals surface area contributed by atoms with Gasteiger partial charge in [-0.15, -0.1) is 11.3 Å². The maximum absolute atomic E-state index is 11.8. The van der Waals surface area contributed by atoms with Crippen LogP contribution in [0.3, 0.4) is 0 Å². The van der Waals surface area contributed by atoms with Crippen LogP contribution in [-0.4, -0.2) is 23.8 Å². The average molecular weight is 462 g/mol. The minimum absolute atomic E-state index is 0.0117. The van der Waals surface area contributed by atoms with E-state index in [1.54, 1.807) is 6.07 Å². The summed E-state index contributed by atoms with van der Waals surface area (Å²) in [5.74, 6) is 0.161. The zero-order valence-corrected chi connectivity index (χ0v) is 16.2. The molecule has 0 saturated carbocycles. The summed E-state index contributed by atoms with van der Waals surface area (Å²) in [4.78, 5) is 12.7. The smallest absolute Gasteiger partial charge is 0.245 e. The molecule has 8 heteroatoms. The van der Waals surface area contributed by atoms with Crippen LogP contribution in [0.15, 0.2) is 37.6 Å². The van der Waals surface area contributed by atoms with Crippen LogP contribution in [0.1, 0.15) is 17.4 Å². The fourth-order valence-corrected chi connectivity index (χ4v) is 3.29. The number of nitrogens with zero attached hydrogens (tertiary/aromatic N) is 1. The summed E-state index contributed by atoms with van der Waals surface area (Å²) in [5, 5.41) is 15.8. The van der Waals surface area contributed by atoms with Crippen LogP contribution in [0.5, 0.6) is 11.5 Å². The van der Waals surface area contributed by atoms with Gasteiger partial charge >= 0.3 is 0 Å². The summed E-state index contributed by atoms with van der Waals surface area (Å²) in [7, 11) is 0. The number of hydrogen-bond donors (Lipinski definition) is 2. The summed E-state index contributed by atoms with van der Waals surface area (Å²) >= 11 is 8.18. The number of hydrogen-bond acceptors (Lipinski definition) is 5. The number of phenolic OH excluding ortho intramolecular Hbond substituents is 1. The van der Waals surface area contributed by atoms with Crippen molar-refractivity contribution in [2.24, 2.45) is 5.10 Å². The highest BCUT2D eigenvalue weighted by Gasteiger charge is 2.14. The van der Waals surface area contributed by atoms with Gasteiger partial charge in [-0.1, -0.05) is 6.07 Å². The SMILES string of the molecule is CCOc1cc(/C=N\NC(=O)Cc2cccs2)c(Br)c(Br)c1O. The van der Waals surface area contributed by atoms with Crippen LogP contribution in [0.2, 0.25) is 0 Å². The highest BCUT2D eigenvalue weighted by atomic mass is 79.9. The molecule has 1 aromatic carbocycles. The van der Waals surface area contributed by atoms with Crippen molar-refractivity contribution < 1.29 is 14.6 Å². The Morgan fingerprint density at radius 2 is 2.26 bits per heavy atom. The Labute approximate surface area is 154 Å². The van der Waals surface area contributed by atoms with Crippen LogP contribution in [0.4, 0.5) is 0 Å². The lowest BCUT2D eigenvalue weighted by molar-refractivity contribution is -0.120. The van der Waals surface area contributed by atoms with E-state index in [9.17, 15) is 9.90 Å². The van der Waals surface area contributed by atoms with Crippen molar-refractivity contribution in [3.05, 3.63) is 43.0 Å². The average Bonchev–Trinajstić information content (AvgIpc) is 3.02. The van der Waals surface area contributed by atoms with E-state index < -0.39 is 0 Å². The molecular formula is C15H14Br2N2O3S. The van der Waals surface area contributed by atoms with E-state index >= 15 is 0 Å². The van der Waals surface area contributed by atoms with E-state index in [1.807, 2.05) is 24.4 Å². The van der Waals surface area contributed by atoms with Gasteiger partial charge in [0.2, 0.25) is 5.91 Å². The first-order valence-electron chi connectivity index (χ1n) is 6.71. The van der Waals surface area contributed by atoms with E-state index in [0.717, 1.165) is 4.88 Å². The Morgan fingerprint density at radius 3 is 2.91 bits per heavy atom. The van der Waals surface area contributed by atoms with Crippen LogP contribution in [0, 0.1) is 0 Å². The quantitative estimate of drug-likeness (QED) is 0.503. The Kier molecular flexibility index (Phi) is 6.61. The third-order valence-corrected chi connectivity index (χ3v) is 5.82. The van der Waals surface area contributed by atoms with Crippen molar-refractivity contribution >= 4 is 55.3 Å². The van der Waals surface area contributed by atoms with E-state index in [2.05, 4.69) is 42.4 Å². The number of hydrazone groups is 1. The van der Waals surface area contributed by atoms with Crippen LogP contribution >= 0.6 is 43.2 Å². The number of ether oxygens (including phenoxy) is 1. The topological polar surface area (TPSA) is 70.9 Å². The zero-order valence-electron chi connectivity index (χ0n) is 12.2. The molecule has 5 nitrogen and oxygen atoms in total. The minimum Gasteiger partial charge on any atom is -0.503 e. The molecule has 2 aromatic rings. The number of rotatable bonds is 6. The molecule has 1 aromatic heterocycles. The fraction of sp³-hybridized carbons (Fsp3) is 0.200. The predicted octanol–water partition coefficient (Wildman–Crippen LogP) is 4.07. The van der Waals surface area contributed by atoms with E-state index in [4.69, 9.17) is 4.74 Å². The number of carbonyl (C=O) groups is 1. The molecule has 0 radical (unpaired) electrons. The van der Waals surface area contributed by atoms with Crippen molar-refractivity contribution in [1.82, 2.24) is 5.43 Å². The molecule has 0 atom stereocenters. The normalized spacial score (nSPS) is 10.9. The Morgan fingerprint density at radius 1 is 1.48 bits per heavy atom. The summed E-state index contributed by atoms with van der Waals surface area (Å²) in [5.41, 5.74) is 3.14. The van der Waals surface area contributed by atoms with Crippen LogP contribution in [0.25, 0.3) is 0 Å². The highest BCUT2D eigenvalue weighted by molar-refractivity contribution is 9.13. The van der Waals surface area contributed by atoms with E-state index in [0.29, 0.717) is 33.3 Å². The van der Waals surface area contributed by atoms with Gasteiger partial charge in [-0.3, -0.25) is 4.79 Å². The molecule has 0 bridgehead atoms. The van der Waals surface area contributed by atoms with Crippen molar-refractivity contribution in [3.63, 3.8) is 0 Å². The molecule has 0 aliphatic carbocycles. The van der Waals surface area contributed by atoms with Gasteiger partial charge in [0.25, 0.3) is 0 Å². The number of amides is 1. The standard InChI is InChI=1S/C15H14Br2N2O3S/c1-2-22-11-6-9(13(16)14(17)15(11)21)8-18-19-12(20)7-10-4-3-5-23-10/h3-6,8,21H,2,7H2,1H3,(H,19,20)/b18-8-. The lowest BCUT2D eigenvalue weighted by Crippen LogP contribution is -2.19. The number of nitrogens with one attached hydrogen (secondary N) is 1. The third-order valence-electron chi connectivity index (χ3n) is 2.78. The number of halogens is 2. The molecule has 0 saturated heterocycles.